The van der Waals surface area contributed by atoms with Crippen molar-refractivity contribution in [1.29, 1.82) is 0 Å². The van der Waals surface area contributed by atoms with E-state index in [0.29, 0.717) is 13.0 Å². The number of carbonyl (C=O) groups excluding carboxylic acids is 2. The molecule has 2 aromatic rings. The predicted molar refractivity (Wildman–Crippen MR) is 114 cm³/mol. The number of anilines is 2. The molecule has 1 saturated carbocycles. The van der Waals surface area contributed by atoms with Crippen molar-refractivity contribution in [3.63, 3.8) is 0 Å². The molecular formula is C23H28N4O2. The maximum Gasteiger partial charge on any atom is 0.228 e. The first-order valence-electron chi connectivity index (χ1n) is 10.4. The third-order valence-electron chi connectivity index (χ3n) is 5.91. The van der Waals surface area contributed by atoms with Gasteiger partial charge in [0.25, 0.3) is 0 Å². The number of likely N-dealkylation sites (N-methyl/N-ethyl adjacent to an activating group) is 1. The summed E-state index contributed by atoms with van der Waals surface area (Å²) in [6, 6.07) is 11.9. The highest BCUT2D eigenvalue weighted by molar-refractivity contribution is 5.99. The van der Waals surface area contributed by atoms with Crippen molar-refractivity contribution < 1.29 is 9.59 Å². The molecule has 2 fully saturated rings. The van der Waals surface area contributed by atoms with Gasteiger partial charge in [-0.3, -0.25) is 14.6 Å². The first-order valence-corrected chi connectivity index (χ1v) is 10.4. The Hall–Kier alpha value is -2.89. The van der Waals surface area contributed by atoms with Gasteiger partial charge in [-0.25, -0.2) is 0 Å². The van der Waals surface area contributed by atoms with E-state index in [4.69, 9.17) is 0 Å². The van der Waals surface area contributed by atoms with Gasteiger partial charge in [0, 0.05) is 50.5 Å². The van der Waals surface area contributed by atoms with Crippen LogP contribution in [0.3, 0.4) is 0 Å². The molecular weight excluding hydrogens is 364 g/mol. The first kappa shape index (κ1) is 19.4. The number of hydrogen-bond acceptors (Lipinski definition) is 4. The van der Waals surface area contributed by atoms with Crippen LogP contribution in [-0.2, 0) is 16.0 Å². The molecule has 6 nitrogen and oxygen atoms in total. The highest BCUT2D eigenvalue weighted by Crippen LogP contribution is 2.40. The molecule has 2 aliphatic rings. The monoisotopic (exact) mass is 392 g/mol. The molecule has 1 saturated heterocycles. The second kappa shape index (κ2) is 8.64. The molecule has 1 aliphatic carbocycles. The zero-order valence-corrected chi connectivity index (χ0v) is 16.9. The van der Waals surface area contributed by atoms with Crippen LogP contribution >= 0.6 is 0 Å². The smallest absolute Gasteiger partial charge is 0.228 e. The van der Waals surface area contributed by atoms with E-state index < -0.39 is 0 Å². The molecule has 2 atom stereocenters. The summed E-state index contributed by atoms with van der Waals surface area (Å²) in [5, 5.41) is 2.97. The number of pyridine rings is 1. The number of amides is 2. The summed E-state index contributed by atoms with van der Waals surface area (Å²) >= 11 is 0. The third kappa shape index (κ3) is 4.75. The molecule has 1 aromatic carbocycles. The SMILES string of the molecule is CN(CCc1ccncc1)C(=O)C1CC1C(=O)Nc1ccc(N2CCCC2)cc1. The Labute approximate surface area is 171 Å². The van der Waals surface area contributed by atoms with E-state index in [-0.39, 0.29) is 23.7 Å². The van der Waals surface area contributed by atoms with Crippen LogP contribution < -0.4 is 10.2 Å². The topological polar surface area (TPSA) is 65.5 Å². The van der Waals surface area contributed by atoms with E-state index in [1.165, 1.54) is 18.5 Å². The number of aromatic nitrogens is 1. The second-order valence-corrected chi connectivity index (χ2v) is 8.04. The molecule has 4 rings (SSSR count). The molecule has 29 heavy (non-hydrogen) atoms. The maximum atomic E-state index is 12.6. The summed E-state index contributed by atoms with van der Waals surface area (Å²) in [7, 11) is 1.81. The van der Waals surface area contributed by atoms with E-state index in [0.717, 1.165) is 30.8 Å². The Morgan fingerprint density at radius 1 is 1.07 bits per heavy atom. The lowest BCUT2D eigenvalue weighted by molar-refractivity contribution is -0.132. The number of benzene rings is 1. The van der Waals surface area contributed by atoms with Crippen molar-refractivity contribution in [2.45, 2.75) is 25.7 Å². The average molecular weight is 393 g/mol. The zero-order chi connectivity index (χ0) is 20.2. The minimum absolute atomic E-state index is 0.0557. The van der Waals surface area contributed by atoms with Crippen molar-refractivity contribution in [3.8, 4) is 0 Å². The van der Waals surface area contributed by atoms with E-state index in [1.807, 2.05) is 31.3 Å². The molecule has 0 bridgehead atoms. The van der Waals surface area contributed by atoms with E-state index >= 15 is 0 Å². The van der Waals surface area contributed by atoms with Crippen LogP contribution in [0, 0.1) is 11.8 Å². The number of rotatable bonds is 7. The summed E-state index contributed by atoms with van der Waals surface area (Å²) in [5.41, 5.74) is 3.15. The Morgan fingerprint density at radius 2 is 1.76 bits per heavy atom. The molecule has 0 radical (unpaired) electrons. The van der Waals surface area contributed by atoms with Crippen LogP contribution in [0.1, 0.15) is 24.8 Å². The lowest BCUT2D eigenvalue weighted by atomic mass is 10.2. The summed E-state index contributed by atoms with van der Waals surface area (Å²) < 4.78 is 0. The van der Waals surface area contributed by atoms with Crippen molar-refractivity contribution in [2.24, 2.45) is 11.8 Å². The zero-order valence-electron chi connectivity index (χ0n) is 16.9. The van der Waals surface area contributed by atoms with Gasteiger partial charge in [0.1, 0.15) is 0 Å². The second-order valence-electron chi connectivity index (χ2n) is 8.04. The molecule has 2 amide bonds. The quantitative estimate of drug-likeness (QED) is 0.787. The minimum Gasteiger partial charge on any atom is -0.372 e. The lowest BCUT2D eigenvalue weighted by Crippen LogP contribution is -2.31. The predicted octanol–water partition coefficient (Wildman–Crippen LogP) is 2.96. The van der Waals surface area contributed by atoms with Crippen LogP contribution in [0.25, 0.3) is 0 Å². The van der Waals surface area contributed by atoms with Gasteiger partial charge in [-0.1, -0.05) is 0 Å². The molecule has 6 heteroatoms. The van der Waals surface area contributed by atoms with Crippen LogP contribution in [-0.4, -0.2) is 48.4 Å². The first-order chi connectivity index (χ1) is 14.1. The Balaban J connectivity index is 1.24. The average Bonchev–Trinajstić information content (AvgIpc) is 3.37. The molecule has 0 spiro atoms. The number of nitrogens with zero attached hydrogens (tertiary/aromatic N) is 3. The molecule has 1 aromatic heterocycles. The van der Waals surface area contributed by atoms with E-state index in [1.54, 1.807) is 17.3 Å². The van der Waals surface area contributed by atoms with Gasteiger partial charge in [0.2, 0.25) is 11.8 Å². The van der Waals surface area contributed by atoms with Gasteiger partial charge in [-0.05, 0) is 67.6 Å². The van der Waals surface area contributed by atoms with E-state index in [2.05, 4.69) is 27.3 Å². The summed E-state index contributed by atoms with van der Waals surface area (Å²) in [6.45, 7) is 2.85. The summed E-state index contributed by atoms with van der Waals surface area (Å²) in [6.07, 6.45) is 7.43. The fourth-order valence-corrected chi connectivity index (χ4v) is 3.96. The fourth-order valence-electron chi connectivity index (χ4n) is 3.96. The normalized spacial score (nSPS) is 20.4. The lowest BCUT2D eigenvalue weighted by Gasteiger charge is -2.18. The van der Waals surface area contributed by atoms with Crippen LogP contribution in [0.15, 0.2) is 48.8 Å². The van der Waals surface area contributed by atoms with Crippen LogP contribution in [0.4, 0.5) is 11.4 Å². The maximum absolute atomic E-state index is 12.6. The van der Waals surface area contributed by atoms with Gasteiger partial charge in [0.05, 0.1) is 11.8 Å². The van der Waals surface area contributed by atoms with Crippen LogP contribution in [0.5, 0.6) is 0 Å². The molecule has 152 valence electrons. The number of carbonyl (C=O) groups is 2. The summed E-state index contributed by atoms with van der Waals surface area (Å²) in [4.78, 5) is 33.3. The van der Waals surface area contributed by atoms with Crippen molar-refractivity contribution in [1.82, 2.24) is 9.88 Å². The summed E-state index contributed by atoms with van der Waals surface area (Å²) in [5.74, 6) is -0.408. The fraction of sp³-hybridized carbons (Fsp3) is 0.435. The Kier molecular flexibility index (Phi) is 5.79. The van der Waals surface area contributed by atoms with Gasteiger partial charge in [-0.2, -0.15) is 0 Å². The van der Waals surface area contributed by atoms with Crippen molar-refractivity contribution in [3.05, 3.63) is 54.4 Å². The Morgan fingerprint density at radius 3 is 2.45 bits per heavy atom. The molecule has 2 heterocycles. The molecule has 1 N–H and O–H groups in total. The number of nitrogens with one attached hydrogen (secondary N) is 1. The van der Waals surface area contributed by atoms with Gasteiger partial charge in [-0.15, -0.1) is 0 Å². The molecule has 2 unspecified atom stereocenters. The van der Waals surface area contributed by atoms with Gasteiger partial charge in [0.15, 0.2) is 0 Å². The van der Waals surface area contributed by atoms with Crippen molar-refractivity contribution >= 4 is 23.2 Å². The standard InChI is InChI=1S/C23H28N4O2/c1-26(15-10-17-8-11-24-12-9-17)23(29)21-16-20(21)22(28)25-18-4-6-19(7-5-18)27-13-2-3-14-27/h4-9,11-12,20-21H,2-3,10,13-16H2,1H3,(H,25,28). The third-order valence-corrected chi connectivity index (χ3v) is 5.91. The van der Waals surface area contributed by atoms with Gasteiger partial charge < -0.3 is 15.1 Å². The van der Waals surface area contributed by atoms with Crippen LogP contribution in [0.2, 0.25) is 0 Å². The molecule has 1 aliphatic heterocycles. The highest BCUT2D eigenvalue weighted by atomic mass is 16.2. The Bertz CT molecular complexity index is 847. The minimum atomic E-state index is -0.218. The van der Waals surface area contributed by atoms with Gasteiger partial charge >= 0.3 is 0 Å². The number of hydrogen-bond donors (Lipinski definition) is 1. The largest absolute Gasteiger partial charge is 0.372 e. The highest BCUT2D eigenvalue weighted by Gasteiger charge is 2.49. The van der Waals surface area contributed by atoms with Crippen molar-refractivity contribution in [2.75, 3.05) is 36.9 Å². The van der Waals surface area contributed by atoms with E-state index in [9.17, 15) is 9.59 Å².